The lowest BCUT2D eigenvalue weighted by atomic mass is 9.80. The number of benzene rings is 1. The number of ketones is 1. The van der Waals surface area contributed by atoms with Crippen LogP contribution in [0.25, 0.3) is 0 Å². The van der Waals surface area contributed by atoms with Crippen LogP contribution in [0.3, 0.4) is 0 Å². The molecule has 94 valence electrons. The minimum Gasteiger partial charge on any atom is -0.300 e. The molecule has 1 rings (SSSR count). The van der Waals surface area contributed by atoms with Gasteiger partial charge in [-0.2, -0.15) is 11.8 Å². The fourth-order valence-electron chi connectivity index (χ4n) is 1.85. The van der Waals surface area contributed by atoms with Crippen molar-refractivity contribution >= 4 is 17.5 Å². The average molecular weight is 250 g/mol. The van der Waals surface area contributed by atoms with Crippen LogP contribution < -0.4 is 0 Å². The molecule has 0 aromatic heterocycles. The number of carbonyl (C=O) groups excluding carboxylic acids is 1. The molecule has 0 spiro atoms. The molecule has 0 bridgehead atoms. The molecular formula is C15H22OS. The van der Waals surface area contributed by atoms with Gasteiger partial charge in [0, 0.05) is 17.4 Å². The minimum absolute atomic E-state index is 0.0650. The van der Waals surface area contributed by atoms with Crippen LogP contribution in [0, 0.1) is 11.3 Å². The van der Waals surface area contributed by atoms with Gasteiger partial charge in [-0.25, -0.2) is 0 Å². The molecule has 1 nitrogen and oxygen atoms in total. The van der Waals surface area contributed by atoms with Crippen molar-refractivity contribution < 1.29 is 4.79 Å². The molecule has 0 aliphatic carbocycles. The normalized spacial score (nSPS) is 13.4. The van der Waals surface area contributed by atoms with E-state index in [1.165, 1.54) is 5.56 Å². The Labute approximate surface area is 109 Å². The van der Waals surface area contributed by atoms with Gasteiger partial charge in [-0.15, -0.1) is 0 Å². The lowest BCUT2D eigenvalue weighted by Crippen LogP contribution is -2.29. The van der Waals surface area contributed by atoms with E-state index in [0.717, 1.165) is 11.5 Å². The van der Waals surface area contributed by atoms with Gasteiger partial charge in [0.05, 0.1) is 0 Å². The number of hydrogen-bond donors (Lipinski definition) is 0. The first-order valence-corrected chi connectivity index (χ1v) is 7.19. The third kappa shape index (κ3) is 4.95. The zero-order valence-corrected chi connectivity index (χ0v) is 12.0. The molecule has 0 fully saturated rings. The van der Waals surface area contributed by atoms with E-state index < -0.39 is 0 Å². The summed E-state index contributed by atoms with van der Waals surface area (Å²) in [5.74, 6) is 2.35. The summed E-state index contributed by atoms with van der Waals surface area (Å²) in [6, 6.07) is 10.4. The highest BCUT2D eigenvalue weighted by molar-refractivity contribution is 7.98. The smallest absolute Gasteiger partial charge is 0.134 e. The standard InChI is InChI=1S/C15H22OS/c1-12(16)14(15(2,3)4)11-17-10-13-8-6-5-7-9-13/h5-9,14H,10-11H2,1-4H3. The predicted molar refractivity (Wildman–Crippen MR) is 76.2 cm³/mol. The van der Waals surface area contributed by atoms with Crippen LogP contribution in [-0.4, -0.2) is 11.5 Å². The van der Waals surface area contributed by atoms with Crippen molar-refractivity contribution in [2.45, 2.75) is 33.4 Å². The van der Waals surface area contributed by atoms with Gasteiger partial charge in [0.15, 0.2) is 0 Å². The second-order valence-corrected chi connectivity index (χ2v) is 6.56. The molecule has 17 heavy (non-hydrogen) atoms. The minimum atomic E-state index is 0.0650. The van der Waals surface area contributed by atoms with Gasteiger partial charge in [-0.1, -0.05) is 51.1 Å². The number of hydrogen-bond acceptors (Lipinski definition) is 2. The topological polar surface area (TPSA) is 17.1 Å². The molecule has 0 saturated carbocycles. The molecule has 0 aliphatic rings. The molecule has 1 atom stereocenters. The van der Waals surface area contributed by atoms with Crippen LogP contribution in [0.5, 0.6) is 0 Å². The summed E-state index contributed by atoms with van der Waals surface area (Å²) in [7, 11) is 0. The zero-order valence-electron chi connectivity index (χ0n) is 11.2. The first-order chi connectivity index (χ1) is 7.91. The van der Waals surface area contributed by atoms with Crippen LogP contribution in [-0.2, 0) is 10.5 Å². The molecule has 0 aliphatic heterocycles. The summed E-state index contributed by atoms with van der Waals surface area (Å²) in [5, 5.41) is 0. The Hall–Kier alpha value is -0.760. The third-order valence-corrected chi connectivity index (χ3v) is 4.04. The van der Waals surface area contributed by atoms with Crippen LogP contribution in [0.2, 0.25) is 0 Å². The fourth-order valence-corrected chi connectivity index (χ4v) is 3.36. The summed E-state index contributed by atoms with van der Waals surface area (Å²) in [4.78, 5) is 11.6. The maximum absolute atomic E-state index is 11.6. The van der Waals surface area contributed by atoms with Crippen molar-refractivity contribution in [3.8, 4) is 0 Å². The Kier molecular flexibility index (Phi) is 5.26. The SMILES string of the molecule is CC(=O)C(CSCc1ccccc1)C(C)(C)C. The van der Waals surface area contributed by atoms with Crippen molar-refractivity contribution in [2.24, 2.45) is 11.3 Å². The van der Waals surface area contributed by atoms with Crippen LogP contribution in [0.1, 0.15) is 33.3 Å². The Morgan fingerprint density at radius 1 is 1.24 bits per heavy atom. The molecule has 2 heteroatoms. The molecular weight excluding hydrogens is 228 g/mol. The highest BCUT2D eigenvalue weighted by Gasteiger charge is 2.28. The van der Waals surface area contributed by atoms with E-state index >= 15 is 0 Å². The van der Waals surface area contributed by atoms with E-state index in [-0.39, 0.29) is 11.3 Å². The highest BCUT2D eigenvalue weighted by Crippen LogP contribution is 2.30. The van der Waals surface area contributed by atoms with Crippen LogP contribution in [0.15, 0.2) is 30.3 Å². The Balaban J connectivity index is 2.46. The van der Waals surface area contributed by atoms with Crippen molar-refractivity contribution in [1.82, 2.24) is 0 Å². The molecule has 0 heterocycles. The lowest BCUT2D eigenvalue weighted by Gasteiger charge is -2.28. The molecule has 0 radical (unpaired) electrons. The zero-order chi connectivity index (χ0) is 12.9. The van der Waals surface area contributed by atoms with Crippen molar-refractivity contribution in [1.29, 1.82) is 0 Å². The highest BCUT2D eigenvalue weighted by atomic mass is 32.2. The summed E-state index contributed by atoms with van der Waals surface area (Å²) < 4.78 is 0. The van der Waals surface area contributed by atoms with Gasteiger partial charge < -0.3 is 0 Å². The number of carbonyl (C=O) groups is 1. The number of Topliss-reactive ketones (excluding diaryl/α,β-unsaturated/α-hetero) is 1. The van der Waals surface area contributed by atoms with Crippen LogP contribution >= 0.6 is 11.8 Å². The fraction of sp³-hybridized carbons (Fsp3) is 0.533. The molecule has 0 N–H and O–H groups in total. The first kappa shape index (κ1) is 14.3. The van der Waals surface area contributed by atoms with Gasteiger partial charge in [-0.05, 0) is 17.9 Å². The summed E-state index contributed by atoms with van der Waals surface area (Å²) >= 11 is 1.85. The summed E-state index contributed by atoms with van der Waals surface area (Å²) in [6.45, 7) is 8.13. The lowest BCUT2D eigenvalue weighted by molar-refractivity contribution is -0.122. The van der Waals surface area contributed by atoms with Gasteiger partial charge in [0.25, 0.3) is 0 Å². The van der Waals surface area contributed by atoms with Gasteiger partial charge in [0.2, 0.25) is 0 Å². The average Bonchev–Trinajstić information content (AvgIpc) is 2.23. The maximum atomic E-state index is 11.6. The number of thioether (sulfide) groups is 1. The Morgan fingerprint density at radius 3 is 2.29 bits per heavy atom. The van der Waals surface area contributed by atoms with Gasteiger partial charge >= 0.3 is 0 Å². The summed E-state index contributed by atoms with van der Waals surface area (Å²) in [6.07, 6.45) is 0. The summed E-state index contributed by atoms with van der Waals surface area (Å²) in [5.41, 5.74) is 1.39. The van der Waals surface area contributed by atoms with Crippen molar-refractivity contribution in [2.75, 3.05) is 5.75 Å². The first-order valence-electron chi connectivity index (χ1n) is 6.03. The molecule has 0 amide bonds. The number of rotatable bonds is 5. The van der Waals surface area contributed by atoms with Crippen LogP contribution in [0.4, 0.5) is 0 Å². The Morgan fingerprint density at radius 2 is 1.82 bits per heavy atom. The van der Waals surface area contributed by atoms with Gasteiger partial charge in [-0.3, -0.25) is 4.79 Å². The largest absolute Gasteiger partial charge is 0.300 e. The van der Waals surface area contributed by atoms with E-state index in [0.29, 0.717) is 5.78 Å². The van der Waals surface area contributed by atoms with Gasteiger partial charge in [0.1, 0.15) is 5.78 Å². The molecule has 1 aromatic carbocycles. The molecule has 1 unspecified atom stereocenters. The quantitative estimate of drug-likeness (QED) is 0.780. The van der Waals surface area contributed by atoms with E-state index in [4.69, 9.17) is 0 Å². The van der Waals surface area contributed by atoms with E-state index in [1.807, 2.05) is 17.8 Å². The second-order valence-electron chi connectivity index (χ2n) is 5.53. The Bertz CT molecular complexity index is 351. The van der Waals surface area contributed by atoms with E-state index in [2.05, 4.69) is 45.0 Å². The molecule has 0 saturated heterocycles. The van der Waals surface area contributed by atoms with Crippen molar-refractivity contribution in [3.05, 3.63) is 35.9 Å². The third-order valence-electron chi connectivity index (χ3n) is 2.93. The van der Waals surface area contributed by atoms with Crippen molar-refractivity contribution in [3.63, 3.8) is 0 Å². The second kappa shape index (κ2) is 6.25. The van der Waals surface area contributed by atoms with E-state index in [1.54, 1.807) is 6.92 Å². The monoisotopic (exact) mass is 250 g/mol. The van der Waals surface area contributed by atoms with E-state index in [9.17, 15) is 4.79 Å². The predicted octanol–water partition coefficient (Wildman–Crippen LogP) is 4.17. The molecule has 1 aromatic rings. The maximum Gasteiger partial charge on any atom is 0.134 e.